The maximum Gasteiger partial charge on any atom is 0.152 e. The summed E-state index contributed by atoms with van der Waals surface area (Å²) in [7, 11) is 0. The lowest BCUT2D eigenvalue weighted by Crippen LogP contribution is -1.65. The fourth-order valence-electron chi connectivity index (χ4n) is 1.02. The summed E-state index contributed by atoms with van der Waals surface area (Å²) < 4.78 is 5.31. The minimum absolute atomic E-state index is 0.861. The van der Waals surface area contributed by atoms with Crippen LogP contribution in [0.15, 0.2) is 28.9 Å². The molecule has 2 nitrogen and oxygen atoms in total. The van der Waals surface area contributed by atoms with Gasteiger partial charge in [-0.3, -0.25) is 4.98 Å². The molecule has 2 rings (SSSR count). The first kappa shape index (κ1) is 8.78. The Morgan fingerprint density at radius 1 is 1.33 bits per heavy atom. The summed E-state index contributed by atoms with van der Waals surface area (Å²) in [4.78, 5) is 3.93. The molecule has 0 spiro atoms. The van der Waals surface area contributed by atoms with Crippen LogP contribution in [0.3, 0.4) is 0 Å². The molecule has 0 saturated heterocycles. The molecule has 0 saturated carbocycles. The number of fused-ring (bicyclic) bond motifs is 1. The van der Waals surface area contributed by atoms with Crippen LogP contribution < -0.4 is 0 Å². The zero-order chi connectivity index (χ0) is 8.97. The highest BCUT2D eigenvalue weighted by molar-refractivity contribution is 5.76. The Balaban J connectivity index is 0.000000336. The van der Waals surface area contributed by atoms with E-state index in [-0.39, 0.29) is 0 Å². The summed E-state index contributed by atoms with van der Waals surface area (Å²) in [6.45, 7) is 5.93. The lowest BCUT2D eigenvalue weighted by atomic mass is 10.3. The molecule has 0 amide bonds. The Labute approximate surface area is 72.2 Å². The summed E-state index contributed by atoms with van der Waals surface area (Å²) in [5, 5.41) is 1.12. The molecule has 0 unspecified atom stereocenters. The maximum absolute atomic E-state index is 5.31. The molecular formula is C10H13NO. The zero-order valence-corrected chi connectivity index (χ0v) is 7.66. The first-order chi connectivity index (χ1) is 5.86. The smallest absolute Gasteiger partial charge is 0.152 e. The molecule has 64 valence electrons. The van der Waals surface area contributed by atoms with Crippen molar-refractivity contribution in [2.24, 2.45) is 0 Å². The standard InChI is InChI=1S/C8H7NO.C2H6/c1-6-4-7-2-3-9-5-8(7)10-6;1-2/h2-5H,1H3;1-2H3. The van der Waals surface area contributed by atoms with Gasteiger partial charge in [0.25, 0.3) is 0 Å². The van der Waals surface area contributed by atoms with Crippen molar-refractivity contribution in [1.82, 2.24) is 4.98 Å². The summed E-state index contributed by atoms with van der Waals surface area (Å²) in [5.74, 6) is 0.933. The minimum atomic E-state index is 0.861. The highest BCUT2D eigenvalue weighted by Gasteiger charge is 1.96. The zero-order valence-electron chi connectivity index (χ0n) is 7.66. The van der Waals surface area contributed by atoms with E-state index in [1.54, 1.807) is 12.4 Å². The molecule has 0 fully saturated rings. The highest BCUT2D eigenvalue weighted by atomic mass is 16.3. The van der Waals surface area contributed by atoms with Crippen LogP contribution in [0.5, 0.6) is 0 Å². The van der Waals surface area contributed by atoms with Crippen molar-refractivity contribution >= 4 is 11.0 Å². The van der Waals surface area contributed by atoms with Crippen molar-refractivity contribution in [3.63, 3.8) is 0 Å². The van der Waals surface area contributed by atoms with Gasteiger partial charge in [-0.1, -0.05) is 13.8 Å². The van der Waals surface area contributed by atoms with Crippen molar-refractivity contribution in [3.05, 3.63) is 30.3 Å². The molecule has 0 atom stereocenters. The minimum Gasteiger partial charge on any atom is -0.460 e. The van der Waals surface area contributed by atoms with E-state index in [2.05, 4.69) is 4.98 Å². The number of furan rings is 1. The molecule has 0 N–H and O–H groups in total. The lowest BCUT2D eigenvalue weighted by Gasteiger charge is -1.81. The van der Waals surface area contributed by atoms with E-state index in [1.165, 1.54) is 0 Å². The first-order valence-corrected chi connectivity index (χ1v) is 4.16. The highest BCUT2D eigenvalue weighted by Crippen LogP contribution is 2.15. The third kappa shape index (κ3) is 1.64. The predicted octanol–water partition coefficient (Wildman–Crippen LogP) is 3.16. The maximum atomic E-state index is 5.31. The molecule has 2 heteroatoms. The van der Waals surface area contributed by atoms with Gasteiger partial charge in [0.05, 0.1) is 6.20 Å². The average molecular weight is 163 g/mol. The van der Waals surface area contributed by atoms with Gasteiger partial charge in [-0.05, 0) is 19.1 Å². The number of aromatic nitrogens is 1. The van der Waals surface area contributed by atoms with E-state index in [0.29, 0.717) is 0 Å². The van der Waals surface area contributed by atoms with Gasteiger partial charge in [-0.2, -0.15) is 0 Å². The summed E-state index contributed by atoms with van der Waals surface area (Å²) in [6.07, 6.45) is 3.49. The monoisotopic (exact) mass is 163 g/mol. The van der Waals surface area contributed by atoms with E-state index in [4.69, 9.17) is 4.42 Å². The molecule has 2 heterocycles. The predicted molar refractivity (Wildman–Crippen MR) is 50.1 cm³/mol. The van der Waals surface area contributed by atoms with E-state index in [1.807, 2.05) is 32.9 Å². The number of rotatable bonds is 0. The van der Waals surface area contributed by atoms with Crippen LogP contribution in [0, 0.1) is 6.92 Å². The van der Waals surface area contributed by atoms with Crippen LogP contribution in [0.1, 0.15) is 19.6 Å². The van der Waals surface area contributed by atoms with Crippen molar-refractivity contribution in [2.75, 3.05) is 0 Å². The second-order valence-electron chi connectivity index (χ2n) is 2.27. The fourth-order valence-corrected chi connectivity index (χ4v) is 1.02. The van der Waals surface area contributed by atoms with Gasteiger partial charge >= 0.3 is 0 Å². The van der Waals surface area contributed by atoms with E-state index >= 15 is 0 Å². The molecule has 0 bridgehead atoms. The van der Waals surface area contributed by atoms with E-state index in [9.17, 15) is 0 Å². The number of pyridine rings is 1. The van der Waals surface area contributed by atoms with Crippen molar-refractivity contribution in [3.8, 4) is 0 Å². The van der Waals surface area contributed by atoms with Crippen LogP contribution in [0.4, 0.5) is 0 Å². The van der Waals surface area contributed by atoms with Crippen molar-refractivity contribution in [1.29, 1.82) is 0 Å². The number of hydrogen-bond donors (Lipinski definition) is 0. The van der Waals surface area contributed by atoms with Crippen LogP contribution in [-0.4, -0.2) is 4.98 Å². The van der Waals surface area contributed by atoms with Gasteiger partial charge in [-0.15, -0.1) is 0 Å². The number of hydrogen-bond acceptors (Lipinski definition) is 2. The molecule has 12 heavy (non-hydrogen) atoms. The molecule has 0 aromatic carbocycles. The second-order valence-corrected chi connectivity index (χ2v) is 2.27. The second kappa shape index (κ2) is 3.90. The van der Waals surface area contributed by atoms with Crippen molar-refractivity contribution < 1.29 is 4.42 Å². The van der Waals surface area contributed by atoms with Crippen LogP contribution in [-0.2, 0) is 0 Å². The quantitative estimate of drug-likeness (QED) is 0.596. The van der Waals surface area contributed by atoms with Gasteiger partial charge < -0.3 is 4.42 Å². The third-order valence-corrected chi connectivity index (χ3v) is 1.45. The molecule has 2 aromatic heterocycles. The van der Waals surface area contributed by atoms with Gasteiger partial charge in [0, 0.05) is 11.6 Å². The van der Waals surface area contributed by atoms with E-state index in [0.717, 1.165) is 16.7 Å². The largest absolute Gasteiger partial charge is 0.460 e. The Hall–Kier alpha value is -1.31. The van der Waals surface area contributed by atoms with Gasteiger partial charge in [0.2, 0.25) is 0 Å². The topological polar surface area (TPSA) is 26.0 Å². The van der Waals surface area contributed by atoms with Gasteiger partial charge in [-0.25, -0.2) is 0 Å². The van der Waals surface area contributed by atoms with Crippen molar-refractivity contribution in [2.45, 2.75) is 20.8 Å². The third-order valence-electron chi connectivity index (χ3n) is 1.45. The Morgan fingerprint density at radius 2 is 2.08 bits per heavy atom. The molecule has 0 radical (unpaired) electrons. The SMILES string of the molecule is CC.Cc1cc2ccncc2o1. The van der Waals surface area contributed by atoms with Crippen LogP contribution in [0.2, 0.25) is 0 Å². The fraction of sp³-hybridized carbons (Fsp3) is 0.300. The first-order valence-electron chi connectivity index (χ1n) is 4.16. The number of nitrogens with zero attached hydrogens (tertiary/aromatic N) is 1. The van der Waals surface area contributed by atoms with E-state index < -0.39 is 0 Å². The molecule has 0 aliphatic rings. The number of aryl methyl sites for hydroxylation is 1. The Morgan fingerprint density at radius 3 is 2.75 bits per heavy atom. The summed E-state index contributed by atoms with van der Waals surface area (Å²) >= 11 is 0. The van der Waals surface area contributed by atoms with Crippen LogP contribution in [0.25, 0.3) is 11.0 Å². The van der Waals surface area contributed by atoms with Gasteiger partial charge in [0.15, 0.2) is 5.58 Å². The summed E-state index contributed by atoms with van der Waals surface area (Å²) in [6, 6.07) is 3.93. The molecular weight excluding hydrogens is 150 g/mol. The van der Waals surface area contributed by atoms with Crippen LogP contribution >= 0.6 is 0 Å². The Kier molecular flexibility index (Phi) is 2.86. The Bertz CT molecular complexity index is 318. The molecule has 2 aromatic rings. The molecule has 0 aliphatic carbocycles. The average Bonchev–Trinajstić information content (AvgIpc) is 2.48. The lowest BCUT2D eigenvalue weighted by molar-refractivity contribution is 0.577. The summed E-state index contributed by atoms with van der Waals surface area (Å²) in [5.41, 5.74) is 0.861. The molecule has 0 aliphatic heterocycles. The normalized spacial score (nSPS) is 9.25. The van der Waals surface area contributed by atoms with Gasteiger partial charge in [0.1, 0.15) is 5.76 Å².